The van der Waals surface area contributed by atoms with Crippen molar-refractivity contribution in [3.63, 3.8) is 0 Å². The Morgan fingerprint density at radius 3 is 2.48 bits per heavy atom. The van der Waals surface area contributed by atoms with E-state index in [0.717, 1.165) is 32.1 Å². The number of alkyl halides is 3. The van der Waals surface area contributed by atoms with Crippen molar-refractivity contribution in [3.8, 4) is 0 Å². The highest BCUT2D eigenvalue weighted by atomic mass is 19.4. The van der Waals surface area contributed by atoms with Gasteiger partial charge in [-0.2, -0.15) is 13.2 Å². The molecule has 0 heterocycles. The Bertz CT molecular complexity index is 567. The predicted octanol–water partition coefficient (Wildman–Crippen LogP) is 3.38. The van der Waals surface area contributed by atoms with Crippen LogP contribution in [0.4, 0.5) is 18.9 Å². The molecule has 2 amide bonds. The molecule has 1 saturated carbocycles. The summed E-state index contributed by atoms with van der Waals surface area (Å²) in [5.74, 6) is -2.01. The molecular formula is C16H19F3N2O2. The molecule has 2 N–H and O–H groups in total. The molecule has 126 valence electrons. The average molecular weight is 328 g/mol. The predicted molar refractivity (Wildman–Crippen MR) is 79.5 cm³/mol. The summed E-state index contributed by atoms with van der Waals surface area (Å²) in [6, 6.07) is 6.01. The minimum atomic E-state index is -4.93. The van der Waals surface area contributed by atoms with Crippen LogP contribution in [0.25, 0.3) is 0 Å². The third-order valence-corrected chi connectivity index (χ3v) is 3.89. The monoisotopic (exact) mass is 328 g/mol. The van der Waals surface area contributed by atoms with Crippen molar-refractivity contribution in [2.45, 2.75) is 44.8 Å². The van der Waals surface area contributed by atoms with E-state index in [1.165, 1.54) is 18.2 Å². The third-order valence-electron chi connectivity index (χ3n) is 3.89. The van der Waals surface area contributed by atoms with E-state index in [9.17, 15) is 22.8 Å². The van der Waals surface area contributed by atoms with Crippen LogP contribution in [-0.4, -0.2) is 18.0 Å². The lowest BCUT2D eigenvalue weighted by Gasteiger charge is -2.20. The molecule has 1 fully saturated rings. The summed E-state index contributed by atoms with van der Waals surface area (Å²) in [6.07, 6.45) is 0.102. The molecule has 1 aliphatic rings. The van der Waals surface area contributed by atoms with Crippen molar-refractivity contribution in [3.05, 3.63) is 29.8 Å². The first-order chi connectivity index (χ1) is 10.9. The van der Waals surface area contributed by atoms with Crippen LogP contribution in [0.3, 0.4) is 0 Å². The topological polar surface area (TPSA) is 58.2 Å². The Kier molecular flexibility index (Phi) is 5.63. The zero-order valence-corrected chi connectivity index (χ0v) is 12.6. The van der Waals surface area contributed by atoms with Gasteiger partial charge in [-0.3, -0.25) is 9.59 Å². The fourth-order valence-electron chi connectivity index (χ4n) is 2.66. The minimum Gasteiger partial charge on any atom is -0.352 e. The summed E-state index contributed by atoms with van der Waals surface area (Å²) >= 11 is 0. The third kappa shape index (κ3) is 5.26. The Balaban J connectivity index is 1.89. The van der Waals surface area contributed by atoms with Gasteiger partial charge in [0.05, 0.1) is 0 Å². The maximum Gasteiger partial charge on any atom is 0.471 e. The number of nitrogens with one attached hydrogen (secondary N) is 2. The van der Waals surface area contributed by atoms with E-state index < -0.39 is 12.1 Å². The Hall–Kier alpha value is -2.05. The summed E-state index contributed by atoms with van der Waals surface area (Å²) in [6.45, 7) is 0.227. The van der Waals surface area contributed by atoms with Crippen LogP contribution in [0.15, 0.2) is 24.3 Å². The number of hydrogen-bond donors (Lipinski definition) is 2. The lowest BCUT2D eigenvalue weighted by Crippen LogP contribution is -2.31. The Morgan fingerprint density at radius 1 is 1.13 bits per heavy atom. The molecule has 1 aliphatic carbocycles. The van der Waals surface area contributed by atoms with Gasteiger partial charge in [-0.25, -0.2) is 0 Å². The lowest BCUT2D eigenvalue weighted by atomic mass is 9.88. The molecule has 2 rings (SSSR count). The number of amides is 2. The van der Waals surface area contributed by atoms with Crippen LogP contribution in [0.1, 0.15) is 37.7 Å². The summed E-state index contributed by atoms with van der Waals surface area (Å²) in [5.41, 5.74) is 0.686. The van der Waals surface area contributed by atoms with Crippen LogP contribution in [0.5, 0.6) is 0 Å². The minimum absolute atomic E-state index is 0.0190. The van der Waals surface area contributed by atoms with E-state index in [4.69, 9.17) is 0 Å². The van der Waals surface area contributed by atoms with Crippen molar-refractivity contribution in [1.29, 1.82) is 0 Å². The number of anilines is 1. The van der Waals surface area contributed by atoms with Crippen LogP contribution in [0.2, 0.25) is 0 Å². The fourth-order valence-corrected chi connectivity index (χ4v) is 2.66. The quantitative estimate of drug-likeness (QED) is 0.890. The molecule has 0 bridgehead atoms. The van der Waals surface area contributed by atoms with E-state index in [1.54, 1.807) is 11.4 Å². The second kappa shape index (κ2) is 7.48. The van der Waals surface area contributed by atoms with Gasteiger partial charge in [-0.15, -0.1) is 0 Å². The van der Waals surface area contributed by atoms with E-state index in [1.807, 2.05) is 0 Å². The summed E-state index contributed by atoms with van der Waals surface area (Å²) in [5, 5.41) is 4.60. The summed E-state index contributed by atoms with van der Waals surface area (Å²) in [4.78, 5) is 22.9. The standard InChI is InChI=1S/C16H19F3N2O2/c17-16(18,19)15(23)21-13-8-4-5-11(9-13)10-20-14(22)12-6-2-1-3-7-12/h4-5,8-9,12H,1-3,6-7,10H2,(H,20,22)(H,21,23). The summed E-state index contributed by atoms with van der Waals surface area (Å²) in [7, 11) is 0. The van der Waals surface area contributed by atoms with Gasteiger partial charge < -0.3 is 10.6 Å². The van der Waals surface area contributed by atoms with Crippen LogP contribution in [-0.2, 0) is 16.1 Å². The fraction of sp³-hybridized carbons (Fsp3) is 0.500. The van der Waals surface area contributed by atoms with E-state index in [-0.39, 0.29) is 24.1 Å². The first kappa shape index (κ1) is 17.3. The SMILES string of the molecule is O=C(NCc1cccc(NC(=O)C(F)(F)F)c1)C1CCCCC1. The van der Waals surface area contributed by atoms with E-state index >= 15 is 0 Å². The first-order valence-corrected chi connectivity index (χ1v) is 7.61. The molecule has 1 aromatic carbocycles. The highest BCUT2D eigenvalue weighted by molar-refractivity contribution is 5.94. The van der Waals surface area contributed by atoms with Crippen molar-refractivity contribution < 1.29 is 22.8 Å². The Morgan fingerprint density at radius 2 is 1.83 bits per heavy atom. The van der Waals surface area contributed by atoms with Gasteiger partial charge in [0, 0.05) is 18.2 Å². The number of halogens is 3. The number of carbonyl (C=O) groups excluding carboxylic acids is 2. The highest BCUT2D eigenvalue weighted by Gasteiger charge is 2.38. The van der Waals surface area contributed by atoms with Gasteiger partial charge in [0.25, 0.3) is 0 Å². The average Bonchev–Trinajstić information content (AvgIpc) is 2.53. The van der Waals surface area contributed by atoms with Crippen molar-refractivity contribution in [2.24, 2.45) is 5.92 Å². The molecule has 0 spiro atoms. The molecule has 4 nitrogen and oxygen atoms in total. The van der Waals surface area contributed by atoms with Gasteiger partial charge in [-0.05, 0) is 30.5 Å². The maximum absolute atomic E-state index is 12.2. The molecule has 0 unspecified atom stereocenters. The normalized spacial score (nSPS) is 16.0. The number of carbonyl (C=O) groups is 2. The van der Waals surface area contributed by atoms with Crippen molar-refractivity contribution in [2.75, 3.05) is 5.32 Å². The number of rotatable bonds is 4. The van der Waals surface area contributed by atoms with Crippen LogP contribution < -0.4 is 10.6 Å². The van der Waals surface area contributed by atoms with Crippen LogP contribution in [0, 0.1) is 5.92 Å². The highest BCUT2D eigenvalue weighted by Crippen LogP contribution is 2.24. The second-order valence-corrected chi connectivity index (χ2v) is 5.70. The summed E-state index contributed by atoms with van der Waals surface area (Å²) < 4.78 is 36.7. The smallest absolute Gasteiger partial charge is 0.352 e. The number of hydrogen-bond acceptors (Lipinski definition) is 2. The molecule has 7 heteroatoms. The molecular weight excluding hydrogens is 309 g/mol. The molecule has 0 atom stereocenters. The number of benzene rings is 1. The molecule has 23 heavy (non-hydrogen) atoms. The van der Waals surface area contributed by atoms with Crippen molar-refractivity contribution >= 4 is 17.5 Å². The zero-order chi connectivity index (χ0) is 16.9. The van der Waals surface area contributed by atoms with Gasteiger partial charge in [0.15, 0.2) is 0 Å². The molecule has 0 aromatic heterocycles. The largest absolute Gasteiger partial charge is 0.471 e. The van der Waals surface area contributed by atoms with Gasteiger partial charge in [-0.1, -0.05) is 31.4 Å². The molecule has 0 saturated heterocycles. The zero-order valence-electron chi connectivity index (χ0n) is 12.6. The van der Waals surface area contributed by atoms with Crippen LogP contribution >= 0.6 is 0 Å². The second-order valence-electron chi connectivity index (χ2n) is 5.70. The Labute approximate surface area is 132 Å². The molecule has 1 aromatic rings. The first-order valence-electron chi connectivity index (χ1n) is 7.61. The van der Waals surface area contributed by atoms with Gasteiger partial charge >= 0.3 is 12.1 Å². The lowest BCUT2D eigenvalue weighted by molar-refractivity contribution is -0.167. The maximum atomic E-state index is 12.2. The molecule has 0 aliphatic heterocycles. The molecule has 0 radical (unpaired) electrons. The van der Waals surface area contributed by atoms with Gasteiger partial charge in [0.2, 0.25) is 5.91 Å². The van der Waals surface area contributed by atoms with E-state index in [2.05, 4.69) is 5.32 Å². The van der Waals surface area contributed by atoms with Gasteiger partial charge in [0.1, 0.15) is 0 Å². The van der Waals surface area contributed by atoms with E-state index in [0.29, 0.717) is 5.56 Å². The van der Waals surface area contributed by atoms with Crippen molar-refractivity contribution in [1.82, 2.24) is 5.32 Å².